The van der Waals surface area contributed by atoms with Gasteiger partial charge in [-0.25, -0.2) is 0 Å². The van der Waals surface area contributed by atoms with Crippen LogP contribution in [0.2, 0.25) is 0 Å². The zero-order chi connectivity index (χ0) is 25.2. The smallest absolute Gasteiger partial charge is 0.420 e. The summed E-state index contributed by atoms with van der Waals surface area (Å²) in [5.74, 6) is -0.152. The molecule has 4 rings (SSSR count). The van der Waals surface area contributed by atoms with E-state index < -0.39 is 17.7 Å². The first-order valence-corrected chi connectivity index (χ1v) is 12.9. The first-order valence-electron chi connectivity index (χ1n) is 12.9. The summed E-state index contributed by atoms with van der Waals surface area (Å²) >= 11 is 0. The number of hydrogen-bond acceptors (Lipinski definition) is 3. The molecule has 2 aromatic rings. The van der Waals surface area contributed by atoms with Gasteiger partial charge in [-0.15, -0.1) is 0 Å². The van der Waals surface area contributed by atoms with E-state index in [9.17, 15) is 23.1 Å². The number of hydrogen-bond donors (Lipinski definition) is 1. The van der Waals surface area contributed by atoms with Crippen molar-refractivity contribution < 1.29 is 27.8 Å². The summed E-state index contributed by atoms with van der Waals surface area (Å²) in [7, 11) is 0. The maximum Gasteiger partial charge on any atom is 0.420 e. The van der Waals surface area contributed by atoms with Crippen LogP contribution in [0.3, 0.4) is 0 Å². The molecule has 1 heterocycles. The minimum Gasteiger partial charge on any atom is -0.490 e. The number of alkyl halides is 3. The average molecular weight is 492 g/mol. The fourth-order valence-electron chi connectivity index (χ4n) is 5.95. The molecule has 2 aliphatic rings. The second-order valence-electron chi connectivity index (χ2n) is 10.4. The van der Waals surface area contributed by atoms with Crippen LogP contribution in [0.5, 0.6) is 5.75 Å². The molecule has 2 atom stereocenters. The highest BCUT2D eigenvalue weighted by Gasteiger charge is 2.37. The van der Waals surface area contributed by atoms with E-state index in [4.69, 9.17) is 4.74 Å². The molecule has 0 radical (unpaired) electrons. The molecule has 0 spiro atoms. The van der Waals surface area contributed by atoms with Crippen LogP contribution in [0.15, 0.2) is 30.3 Å². The van der Waals surface area contributed by atoms with Gasteiger partial charge in [-0.2, -0.15) is 13.2 Å². The Bertz CT molecular complexity index is 1030. The van der Waals surface area contributed by atoms with Crippen molar-refractivity contribution in [2.24, 2.45) is 11.8 Å². The fourth-order valence-corrected chi connectivity index (χ4v) is 5.95. The third-order valence-corrected chi connectivity index (χ3v) is 7.77. The van der Waals surface area contributed by atoms with Gasteiger partial charge in [0.25, 0.3) is 0 Å². The number of benzene rings is 2. The van der Waals surface area contributed by atoms with Gasteiger partial charge in [0.05, 0.1) is 6.10 Å². The lowest BCUT2D eigenvalue weighted by molar-refractivity contribution is -0.139. The molecule has 2 aromatic carbocycles. The molecule has 1 saturated heterocycles. The van der Waals surface area contributed by atoms with Crippen LogP contribution in [-0.2, 0) is 11.0 Å². The molecule has 192 valence electrons. The van der Waals surface area contributed by atoms with Gasteiger partial charge in [0, 0.05) is 19.0 Å². The number of rotatable bonds is 7. The summed E-state index contributed by atoms with van der Waals surface area (Å²) in [6, 6.07) is 8.53. The number of piperidine rings is 1. The number of likely N-dealkylation sites (tertiary alicyclic amines) is 1. The van der Waals surface area contributed by atoms with Crippen molar-refractivity contribution in [1.29, 1.82) is 0 Å². The molecule has 7 heteroatoms. The van der Waals surface area contributed by atoms with Crippen LogP contribution in [-0.4, -0.2) is 35.2 Å². The fraction of sp³-hybridized carbons (Fsp3) is 0.607. The highest BCUT2D eigenvalue weighted by molar-refractivity contribution is 5.89. The van der Waals surface area contributed by atoms with Gasteiger partial charge in [-0.3, -0.25) is 9.69 Å². The predicted octanol–water partition coefficient (Wildman–Crippen LogP) is 7.45. The topological polar surface area (TPSA) is 49.8 Å². The average Bonchev–Trinajstić information content (AvgIpc) is 2.80. The molecule has 2 fully saturated rings. The van der Waals surface area contributed by atoms with Gasteiger partial charge in [0.15, 0.2) is 0 Å². The van der Waals surface area contributed by atoms with Gasteiger partial charge in [-0.05, 0) is 91.8 Å². The lowest BCUT2D eigenvalue weighted by atomic mass is 9.89. The van der Waals surface area contributed by atoms with Crippen LogP contribution in [0.1, 0.15) is 82.4 Å². The molecule has 4 nitrogen and oxygen atoms in total. The summed E-state index contributed by atoms with van der Waals surface area (Å²) in [6.07, 6.45) is 1.62. The predicted molar refractivity (Wildman–Crippen MR) is 131 cm³/mol. The minimum atomic E-state index is -4.51. The number of fused-ring (bicyclic) bond motifs is 1. The number of carbonyl (C=O) groups is 1. The van der Waals surface area contributed by atoms with Crippen molar-refractivity contribution in [3.8, 4) is 5.75 Å². The second-order valence-corrected chi connectivity index (χ2v) is 10.4. The third kappa shape index (κ3) is 6.11. The van der Waals surface area contributed by atoms with Crippen molar-refractivity contribution in [3.05, 3.63) is 41.5 Å². The molecule has 1 saturated carbocycles. The molecule has 0 aromatic heterocycles. The Balaban J connectivity index is 1.62. The van der Waals surface area contributed by atoms with Crippen LogP contribution >= 0.6 is 0 Å². The second kappa shape index (κ2) is 10.8. The Morgan fingerprint density at radius 3 is 2.54 bits per heavy atom. The first kappa shape index (κ1) is 25.8. The van der Waals surface area contributed by atoms with E-state index in [0.717, 1.165) is 57.1 Å². The Labute approximate surface area is 205 Å². The van der Waals surface area contributed by atoms with E-state index in [-0.39, 0.29) is 35.6 Å². The van der Waals surface area contributed by atoms with Gasteiger partial charge in [0.2, 0.25) is 0 Å². The normalized spacial score (nSPS) is 24.9. The zero-order valence-corrected chi connectivity index (χ0v) is 20.6. The largest absolute Gasteiger partial charge is 0.490 e. The molecule has 1 N–H and O–H groups in total. The van der Waals surface area contributed by atoms with Crippen LogP contribution in [0, 0.1) is 11.8 Å². The molecular weight excluding hydrogens is 455 g/mol. The summed E-state index contributed by atoms with van der Waals surface area (Å²) in [6.45, 7) is 5.81. The van der Waals surface area contributed by atoms with E-state index >= 15 is 0 Å². The summed E-state index contributed by atoms with van der Waals surface area (Å²) in [5.41, 5.74) is 0.284. The quantitative estimate of drug-likeness (QED) is 0.437. The van der Waals surface area contributed by atoms with Crippen LogP contribution < -0.4 is 4.74 Å². The Kier molecular flexibility index (Phi) is 7.94. The van der Waals surface area contributed by atoms with E-state index in [0.29, 0.717) is 17.8 Å². The maximum atomic E-state index is 14.2. The van der Waals surface area contributed by atoms with Crippen molar-refractivity contribution in [2.45, 2.75) is 83.5 Å². The maximum absolute atomic E-state index is 14.2. The summed E-state index contributed by atoms with van der Waals surface area (Å²) < 4.78 is 48.6. The summed E-state index contributed by atoms with van der Waals surface area (Å²) in [4.78, 5) is 13.5. The molecule has 0 amide bonds. The highest BCUT2D eigenvalue weighted by atomic mass is 19.4. The molecule has 35 heavy (non-hydrogen) atoms. The molecule has 1 aliphatic heterocycles. The Morgan fingerprint density at radius 2 is 1.89 bits per heavy atom. The molecule has 0 unspecified atom stereocenters. The lowest BCUT2D eigenvalue weighted by Gasteiger charge is -2.38. The SMILES string of the molecule is CC[C@@H](c1ccc2c(C(F)(F)F)c(OC3CCC(C)CC3)ccc2c1)N1CCC[C@H](CC(=O)O)C1. The number of nitrogens with zero attached hydrogens (tertiary/aromatic N) is 1. The van der Waals surface area contributed by atoms with Gasteiger partial charge < -0.3 is 9.84 Å². The molecular formula is C28H36F3NO3. The Morgan fingerprint density at radius 1 is 1.14 bits per heavy atom. The van der Waals surface area contributed by atoms with Crippen LogP contribution in [0.4, 0.5) is 13.2 Å². The van der Waals surface area contributed by atoms with Gasteiger partial charge in [-0.1, -0.05) is 32.0 Å². The van der Waals surface area contributed by atoms with E-state index in [1.165, 1.54) is 6.07 Å². The van der Waals surface area contributed by atoms with Gasteiger partial charge >= 0.3 is 12.1 Å². The third-order valence-electron chi connectivity index (χ3n) is 7.77. The minimum absolute atomic E-state index is 0.0467. The number of carboxylic acid groups (broad SMARTS) is 1. The van der Waals surface area contributed by atoms with Gasteiger partial charge in [0.1, 0.15) is 11.3 Å². The number of halogens is 3. The van der Waals surface area contributed by atoms with Crippen molar-refractivity contribution >= 4 is 16.7 Å². The number of carboxylic acids is 1. The van der Waals surface area contributed by atoms with Crippen molar-refractivity contribution in [1.82, 2.24) is 4.90 Å². The molecule has 1 aliphatic carbocycles. The van der Waals surface area contributed by atoms with E-state index in [2.05, 4.69) is 18.7 Å². The van der Waals surface area contributed by atoms with E-state index in [1.807, 2.05) is 6.07 Å². The zero-order valence-electron chi connectivity index (χ0n) is 20.6. The van der Waals surface area contributed by atoms with Crippen LogP contribution in [0.25, 0.3) is 10.8 Å². The number of ether oxygens (including phenoxy) is 1. The van der Waals surface area contributed by atoms with Crippen molar-refractivity contribution in [3.63, 3.8) is 0 Å². The highest BCUT2D eigenvalue weighted by Crippen LogP contribution is 2.43. The van der Waals surface area contributed by atoms with Crippen molar-refractivity contribution in [2.75, 3.05) is 13.1 Å². The first-order chi connectivity index (χ1) is 16.7. The Hall–Kier alpha value is -2.28. The monoisotopic (exact) mass is 491 g/mol. The van der Waals surface area contributed by atoms with E-state index in [1.54, 1.807) is 18.2 Å². The summed E-state index contributed by atoms with van der Waals surface area (Å²) in [5, 5.41) is 9.91. The lowest BCUT2D eigenvalue weighted by Crippen LogP contribution is -2.38. The number of aliphatic carboxylic acids is 1. The molecule has 0 bridgehead atoms. The standard InChI is InChI=1S/C28H36F3NO3/c1-3-24(32-14-4-5-19(17-32)15-26(33)34)21-8-12-23-20(16-21)9-13-25(27(23)28(29,30)31)35-22-10-6-18(2)7-11-22/h8-9,12-13,16,18-19,22,24H,3-7,10-11,14-15,17H2,1-2H3,(H,33,34)/t18?,19-,22?,24+/m1/s1.